The van der Waals surface area contributed by atoms with Crippen molar-refractivity contribution < 1.29 is 14.0 Å². The summed E-state index contributed by atoms with van der Waals surface area (Å²) in [6, 6.07) is 3.63. The summed E-state index contributed by atoms with van der Waals surface area (Å²) in [6.45, 7) is 1.81. The van der Waals surface area contributed by atoms with Gasteiger partial charge in [0.1, 0.15) is 11.5 Å². The molecule has 1 atom stereocenters. The van der Waals surface area contributed by atoms with Crippen molar-refractivity contribution >= 4 is 49.9 Å². The Labute approximate surface area is 170 Å². The molecule has 3 heterocycles. The number of aromatic nitrogens is 1. The quantitative estimate of drug-likeness (QED) is 0.448. The largest absolute Gasteiger partial charge is 0.458 e. The molecular formula is C18H23N3O3S3. The van der Waals surface area contributed by atoms with Crippen molar-refractivity contribution in [1.82, 2.24) is 10.3 Å². The topological polar surface area (TPSA) is 84.2 Å². The van der Waals surface area contributed by atoms with Crippen LogP contribution in [0.1, 0.15) is 44.8 Å². The van der Waals surface area contributed by atoms with Crippen molar-refractivity contribution in [2.45, 2.75) is 50.8 Å². The van der Waals surface area contributed by atoms with E-state index < -0.39 is 0 Å². The first-order valence-corrected chi connectivity index (χ1v) is 12.2. The van der Waals surface area contributed by atoms with Crippen LogP contribution in [0.3, 0.4) is 0 Å². The van der Waals surface area contributed by atoms with E-state index in [0.29, 0.717) is 35.3 Å². The maximum absolute atomic E-state index is 12.1. The van der Waals surface area contributed by atoms with Crippen LogP contribution in [0.15, 0.2) is 21.9 Å². The minimum atomic E-state index is -0.104. The van der Waals surface area contributed by atoms with Crippen molar-refractivity contribution in [3.8, 4) is 11.5 Å². The zero-order valence-electron chi connectivity index (χ0n) is 15.2. The number of unbranched alkanes of at least 4 members (excludes halogenated alkanes) is 1. The molecule has 1 aliphatic rings. The minimum absolute atomic E-state index is 0.00939. The summed E-state index contributed by atoms with van der Waals surface area (Å²) in [4.78, 5) is 27.5. The van der Waals surface area contributed by atoms with Crippen molar-refractivity contribution in [1.29, 1.82) is 0 Å². The highest BCUT2D eigenvalue weighted by Gasteiger charge is 2.16. The lowest BCUT2D eigenvalue weighted by atomic mass is 10.1. The van der Waals surface area contributed by atoms with E-state index in [9.17, 15) is 9.59 Å². The fourth-order valence-electron chi connectivity index (χ4n) is 2.67. The van der Waals surface area contributed by atoms with Crippen LogP contribution in [0.4, 0.5) is 5.13 Å². The number of furan rings is 1. The van der Waals surface area contributed by atoms with Gasteiger partial charge in [0.25, 0.3) is 0 Å². The highest BCUT2D eigenvalue weighted by atomic mass is 33.1. The van der Waals surface area contributed by atoms with Crippen LogP contribution in [0.2, 0.25) is 0 Å². The fraction of sp³-hybridized carbons (Fsp3) is 0.500. The Morgan fingerprint density at radius 1 is 1.33 bits per heavy atom. The predicted molar refractivity (Wildman–Crippen MR) is 113 cm³/mol. The maximum Gasteiger partial charge on any atom is 0.226 e. The normalized spacial score (nSPS) is 16.4. The molecule has 0 bridgehead atoms. The van der Waals surface area contributed by atoms with Crippen LogP contribution in [0.5, 0.6) is 0 Å². The lowest BCUT2D eigenvalue weighted by molar-refractivity contribution is -0.119. The first-order valence-electron chi connectivity index (χ1n) is 8.97. The second-order valence-corrected chi connectivity index (χ2v) is 9.98. The van der Waals surface area contributed by atoms with Crippen LogP contribution in [0.25, 0.3) is 11.5 Å². The van der Waals surface area contributed by atoms with E-state index in [2.05, 4.69) is 15.6 Å². The van der Waals surface area contributed by atoms with E-state index in [1.54, 1.807) is 0 Å². The van der Waals surface area contributed by atoms with Gasteiger partial charge >= 0.3 is 0 Å². The lowest BCUT2D eigenvalue weighted by Crippen LogP contribution is -2.18. The monoisotopic (exact) mass is 425 g/mol. The molecule has 0 spiro atoms. The summed E-state index contributed by atoms with van der Waals surface area (Å²) in [5.74, 6) is 2.45. The van der Waals surface area contributed by atoms with Crippen LogP contribution in [0, 0.1) is 0 Å². The van der Waals surface area contributed by atoms with Gasteiger partial charge in [-0.25, -0.2) is 4.98 Å². The van der Waals surface area contributed by atoms with Crippen LogP contribution >= 0.6 is 32.9 Å². The fourth-order valence-corrected chi connectivity index (χ4v) is 6.41. The lowest BCUT2D eigenvalue weighted by Gasteiger charge is -2.06. The summed E-state index contributed by atoms with van der Waals surface area (Å²) in [7, 11) is 3.95. The second kappa shape index (κ2) is 10.2. The molecule has 0 aromatic carbocycles. The zero-order chi connectivity index (χ0) is 19.1. The molecule has 2 aromatic rings. The maximum atomic E-state index is 12.1. The SMILES string of the molecule is CC(=O)NCc1ccc(-c2csc(NC(=O)CCCCC3CCSS3)n2)o1. The van der Waals surface area contributed by atoms with Gasteiger partial charge in [-0.1, -0.05) is 28.0 Å². The number of nitrogens with zero attached hydrogens (tertiary/aromatic N) is 1. The number of hydrogen-bond donors (Lipinski definition) is 2. The smallest absolute Gasteiger partial charge is 0.226 e. The molecular weight excluding hydrogens is 402 g/mol. The Bertz CT molecular complexity index is 769. The molecule has 9 heteroatoms. The number of carbonyl (C=O) groups excluding carboxylic acids is 2. The highest BCUT2D eigenvalue weighted by Crippen LogP contribution is 2.39. The molecule has 2 N–H and O–H groups in total. The molecule has 146 valence electrons. The van der Waals surface area contributed by atoms with Crippen LogP contribution in [-0.4, -0.2) is 27.8 Å². The number of carbonyl (C=O) groups is 2. The molecule has 0 aliphatic carbocycles. The van der Waals surface area contributed by atoms with E-state index >= 15 is 0 Å². The number of amides is 2. The van der Waals surface area contributed by atoms with Crippen molar-refractivity contribution in [3.63, 3.8) is 0 Å². The Morgan fingerprint density at radius 2 is 2.22 bits per heavy atom. The van der Waals surface area contributed by atoms with E-state index in [0.717, 1.165) is 18.1 Å². The molecule has 2 aromatic heterocycles. The van der Waals surface area contributed by atoms with E-state index in [1.165, 1.54) is 36.9 Å². The predicted octanol–water partition coefficient (Wildman–Crippen LogP) is 4.69. The Balaban J connectivity index is 1.41. The molecule has 1 fully saturated rings. The van der Waals surface area contributed by atoms with Crippen LogP contribution in [-0.2, 0) is 16.1 Å². The molecule has 27 heavy (non-hydrogen) atoms. The number of rotatable bonds is 9. The van der Waals surface area contributed by atoms with E-state index in [1.807, 2.05) is 39.1 Å². The van der Waals surface area contributed by atoms with Crippen molar-refractivity contribution in [2.24, 2.45) is 0 Å². The van der Waals surface area contributed by atoms with Gasteiger partial charge in [-0.3, -0.25) is 9.59 Å². The summed E-state index contributed by atoms with van der Waals surface area (Å²) in [6.07, 6.45) is 5.03. The third-order valence-electron chi connectivity index (χ3n) is 4.08. The number of hydrogen-bond acceptors (Lipinski definition) is 7. The van der Waals surface area contributed by atoms with Gasteiger partial charge in [-0.05, 0) is 31.4 Å². The second-order valence-electron chi connectivity index (χ2n) is 6.34. The number of anilines is 1. The summed E-state index contributed by atoms with van der Waals surface area (Å²) >= 11 is 1.38. The van der Waals surface area contributed by atoms with Gasteiger partial charge in [-0.2, -0.15) is 0 Å². The van der Waals surface area contributed by atoms with Gasteiger partial charge in [0.05, 0.1) is 6.54 Å². The van der Waals surface area contributed by atoms with Gasteiger partial charge < -0.3 is 15.1 Å². The molecule has 6 nitrogen and oxygen atoms in total. The standard InChI is InChI=1S/C18H23N3O3S3/c1-12(22)19-10-13-6-7-16(24-13)15-11-25-18(20-15)21-17(23)5-3-2-4-14-8-9-26-27-14/h6-7,11,14H,2-5,8-10H2,1H3,(H,19,22)(H,20,21,23). The Kier molecular flexibility index (Phi) is 7.66. The molecule has 1 unspecified atom stereocenters. The van der Waals surface area contributed by atoms with Gasteiger partial charge in [-0.15, -0.1) is 11.3 Å². The third kappa shape index (κ3) is 6.58. The third-order valence-corrected chi connectivity index (χ3v) is 7.85. The average molecular weight is 426 g/mol. The van der Waals surface area contributed by atoms with Crippen molar-refractivity contribution in [2.75, 3.05) is 11.1 Å². The van der Waals surface area contributed by atoms with Gasteiger partial charge in [0, 0.05) is 29.7 Å². The summed E-state index contributed by atoms with van der Waals surface area (Å²) < 4.78 is 5.68. The molecule has 0 radical (unpaired) electrons. The first kappa shape index (κ1) is 20.3. The van der Waals surface area contributed by atoms with Gasteiger partial charge in [0.2, 0.25) is 11.8 Å². The zero-order valence-corrected chi connectivity index (χ0v) is 17.6. The number of thiazole rings is 1. The summed E-state index contributed by atoms with van der Waals surface area (Å²) in [5, 5.41) is 8.76. The minimum Gasteiger partial charge on any atom is -0.458 e. The molecule has 1 aliphatic heterocycles. The average Bonchev–Trinajstić information content (AvgIpc) is 3.38. The van der Waals surface area contributed by atoms with Crippen molar-refractivity contribution in [3.05, 3.63) is 23.3 Å². The Hall–Kier alpha value is -1.45. The highest BCUT2D eigenvalue weighted by molar-refractivity contribution is 8.77. The van der Waals surface area contributed by atoms with Crippen LogP contribution < -0.4 is 10.6 Å². The van der Waals surface area contributed by atoms with E-state index in [-0.39, 0.29) is 11.8 Å². The van der Waals surface area contributed by atoms with Gasteiger partial charge in [0.15, 0.2) is 10.9 Å². The van der Waals surface area contributed by atoms with E-state index in [4.69, 9.17) is 4.42 Å². The molecule has 0 saturated carbocycles. The molecule has 2 amide bonds. The molecule has 3 rings (SSSR count). The first-order chi connectivity index (χ1) is 13.1. The Morgan fingerprint density at radius 3 is 3.00 bits per heavy atom. The number of nitrogens with one attached hydrogen (secondary N) is 2. The summed E-state index contributed by atoms with van der Waals surface area (Å²) in [5.41, 5.74) is 0.681. The molecule has 1 saturated heterocycles.